The van der Waals surface area contributed by atoms with Gasteiger partial charge in [-0.25, -0.2) is 0 Å². The molecular weight excluding hydrogens is 300 g/mol. The Morgan fingerprint density at radius 3 is 2.69 bits per heavy atom. The van der Waals surface area contributed by atoms with Crippen molar-refractivity contribution < 1.29 is 4.79 Å². The summed E-state index contributed by atoms with van der Waals surface area (Å²) in [7, 11) is 0. The largest absolute Gasteiger partial charge is 0.327 e. The summed E-state index contributed by atoms with van der Waals surface area (Å²) in [5.74, 6) is 0. The van der Waals surface area contributed by atoms with Gasteiger partial charge in [0, 0.05) is 8.95 Å². The molecule has 0 fully saturated rings. The molecule has 1 amide bonds. The van der Waals surface area contributed by atoms with Crippen LogP contribution in [-0.4, -0.2) is 6.41 Å². The smallest absolute Gasteiger partial charge is 0.211 e. The molecule has 0 aliphatic rings. The van der Waals surface area contributed by atoms with Gasteiger partial charge in [-0.1, -0.05) is 15.9 Å². The van der Waals surface area contributed by atoms with Crippen LogP contribution in [-0.2, 0) is 4.79 Å². The average molecular weight is 304 g/mol. The van der Waals surface area contributed by atoms with Gasteiger partial charge in [0.05, 0.1) is 11.3 Å². The fourth-order valence-corrected chi connectivity index (χ4v) is 2.21. The number of hydrogen-bond acceptors (Lipinski definition) is 2. The number of nitriles is 1. The van der Waals surface area contributed by atoms with Gasteiger partial charge in [0.1, 0.15) is 6.07 Å². The van der Waals surface area contributed by atoms with Crippen LogP contribution in [0.15, 0.2) is 21.1 Å². The van der Waals surface area contributed by atoms with Gasteiger partial charge in [0.25, 0.3) is 0 Å². The normalized spacial score (nSPS) is 9.00. The highest BCUT2D eigenvalue weighted by Gasteiger charge is 2.06. The Morgan fingerprint density at radius 1 is 1.46 bits per heavy atom. The van der Waals surface area contributed by atoms with E-state index in [1.165, 1.54) is 0 Å². The lowest BCUT2D eigenvalue weighted by atomic mass is 10.2. The fourth-order valence-electron chi connectivity index (χ4n) is 0.867. The van der Waals surface area contributed by atoms with Crippen LogP contribution in [0.3, 0.4) is 0 Å². The maximum Gasteiger partial charge on any atom is 0.211 e. The van der Waals surface area contributed by atoms with E-state index in [-0.39, 0.29) is 0 Å². The van der Waals surface area contributed by atoms with Crippen LogP contribution in [0.1, 0.15) is 5.56 Å². The van der Waals surface area contributed by atoms with Crippen molar-refractivity contribution >= 4 is 44.0 Å². The Bertz CT molecular complexity index is 384. The van der Waals surface area contributed by atoms with E-state index in [2.05, 4.69) is 37.2 Å². The Balaban J connectivity index is 3.31. The minimum atomic E-state index is 0.411. The lowest BCUT2D eigenvalue weighted by Gasteiger charge is -2.04. The fraction of sp³-hybridized carbons (Fsp3) is 0. The van der Waals surface area contributed by atoms with Crippen LogP contribution in [0.25, 0.3) is 0 Å². The molecule has 0 heterocycles. The quantitative estimate of drug-likeness (QED) is 0.854. The molecule has 1 rings (SSSR count). The topological polar surface area (TPSA) is 52.9 Å². The van der Waals surface area contributed by atoms with Crippen LogP contribution in [0, 0.1) is 11.3 Å². The van der Waals surface area contributed by atoms with E-state index < -0.39 is 0 Å². The van der Waals surface area contributed by atoms with Crippen LogP contribution in [0.2, 0.25) is 0 Å². The second kappa shape index (κ2) is 4.40. The molecule has 0 aliphatic heterocycles. The van der Waals surface area contributed by atoms with Crippen molar-refractivity contribution in [2.45, 2.75) is 0 Å². The SMILES string of the molecule is N#Cc1cc(Br)cc(Br)c1NC=O. The molecule has 0 spiro atoms. The van der Waals surface area contributed by atoms with Crippen molar-refractivity contribution in [2.75, 3.05) is 5.32 Å². The van der Waals surface area contributed by atoms with Crippen LogP contribution in [0.5, 0.6) is 0 Å². The standard InChI is InChI=1S/C8H4Br2N2O/c9-6-1-5(3-11)8(12-4-13)7(10)2-6/h1-2,4H,(H,12,13). The van der Waals surface area contributed by atoms with E-state index in [1.54, 1.807) is 12.1 Å². The van der Waals surface area contributed by atoms with E-state index in [0.29, 0.717) is 22.1 Å². The third-order valence-corrected chi connectivity index (χ3v) is 2.46. The third-order valence-electron chi connectivity index (χ3n) is 1.38. The Labute approximate surface area is 92.0 Å². The molecule has 0 saturated carbocycles. The summed E-state index contributed by atoms with van der Waals surface area (Å²) in [6.45, 7) is 0. The highest BCUT2D eigenvalue weighted by Crippen LogP contribution is 2.29. The van der Waals surface area contributed by atoms with Gasteiger partial charge in [-0.05, 0) is 28.1 Å². The number of anilines is 1. The first-order valence-corrected chi connectivity index (χ1v) is 4.87. The van der Waals surface area contributed by atoms with E-state index in [1.807, 2.05) is 6.07 Å². The average Bonchev–Trinajstić information content (AvgIpc) is 2.09. The van der Waals surface area contributed by atoms with Crippen molar-refractivity contribution in [3.63, 3.8) is 0 Å². The molecule has 0 bridgehead atoms. The van der Waals surface area contributed by atoms with Gasteiger partial charge in [0.2, 0.25) is 6.41 Å². The number of amides is 1. The number of carbonyl (C=O) groups is 1. The van der Waals surface area contributed by atoms with E-state index in [4.69, 9.17) is 5.26 Å². The van der Waals surface area contributed by atoms with Gasteiger partial charge in [0.15, 0.2) is 0 Å². The molecule has 0 aromatic heterocycles. The van der Waals surface area contributed by atoms with E-state index >= 15 is 0 Å². The Hall–Kier alpha value is -0.860. The zero-order chi connectivity index (χ0) is 9.84. The molecule has 0 atom stereocenters. The van der Waals surface area contributed by atoms with Crippen LogP contribution in [0.4, 0.5) is 5.69 Å². The zero-order valence-corrected chi connectivity index (χ0v) is 9.52. The summed E-state index contributed by atoms with van der Waals surface area (Å²) in [6, 6.07) is 5.37. The molecular formula is C8H4Br2N2O. The second-order valence-corrected chi connectivity index (χ2v) is 3.95. The number of hydrogen-bond donors (Lipinski definition) is 1. The van der Waals surface area contributed by atoms with Crippen molar-refractivity contribution in [1.82, 2.24) is 0 Å². The number of benzene rings is 1. The monoisotopic (exact) mass is 302 g/mol. The summed E-state index contributed by atoms with van der Waals surface area (Å²) >= 11 is 6.48. The van der Waals surface area contributed by atoms with Gasteiger partial charge in [-0.3, -0.25) is 4.79 Å². The zero-order valence-electron chi connectivity index (χ0n) is 6.34. The summed E-state index contributed by atoms with van der Waals surface area (Å²) < 4.78 is 1.46. The van der Waals surface area contributed by atoms with E-state index in [0.717, 1.165) is 4.47 Å². The molecule has 0 unspecified atom stereocenters. The molecule has 1 aromatic carbocycles. The first-order valence-electron chi connectivity index (χ1n) is 3.28. The maximum absolute atomic E-state index is 10.2. The molecule has 1 aromatic rings. The molecule has 0 radical (unpaired) electrons. The lowest BCUT2D eigenvalue weighted by molar-refractivity contribution is -0.105. The van der Waals surface area contributed by atoms with Gasteiger partial charge >= 0.3 is 0 Å². The number of rotatable bonds is 2. The van der Waals surface area contributed by atoms with Gasteiger partial charge in [-0.15, -0.1) is 0 Å². The van der Waals surface area contributed by atoms with Crippen molar-refractivity contribution in [2.24, 2.45) is 0 Å². The molecule has 5 heteroatoms. The third kappa shape index (κ3) is 2.29. The number of nitrogens with one attached hydrogen (secondary N) is 1. The molecule has 0 saturated heterocycles. The summed E-state index contributed by atoms with van der Waals surface area (Å²) in [6.07, 6.45) is 0.537. The molecule has 1 N–H and O–H groups in total. The Kier molecular flexibility index (Phi) is 3.46. The number of nitrogens with zero attached hydrogens (tertiary/aromatic N) is 1. The van der Waals surface area contributed by atoms with Gasteiger partial charge < -0.3 is 5.32 Å². The van der Waals surface area contributed by atoms with Crippen molar-refractivity contribution in [3.8, 4) is 6.07 Å². The predicted molar refractivity (Wildman–Crippen MR) is 56.2 cm³/mol. The Morgan fingerprint density at radius 2 is 2.15 bits per heavy atom. The minimum Gasteiger partial charge on any atom is -0.327 e. The summed E-state index contributed by atoms with van der Waals surface area (Å²) in [5, 5.41) is 11.2. The lowest BCUT2D eigenvalue weighted by Crippen LogP contribution is -1.97. The first-order chi connectivity index (χ1) is 6.19. The van der Waals surface area contributed by atoms with Crippen molar-refractivity contribution in [1.29, 1.82) is 5.26 Å². The summed E-state index contributed by atoms with van der Waals surface area (Å²) in [4.78, 5) is 10.2. The highest BCUT2D eigenvalue weighted by atomic mass is 79.9. The molecule has 3 nitrogen and oxygen atoms in total. The molecule has 0 aliphatic carbocycles. The molecule has 66 valence electrons. The number of carbonyl (C=O) groups excluding carboxylic acids is 1. The van der Waals surface area contributed by atoms with Gasteiger partial charge in [-0.2, -0.15) is 5.26 Å². The van der Waals surface area contributed by atoms with E-state index in [9.17, 15) is 4.79 Å². The predicted octanol–water partition coefficient (Wildman–Crippen LogP) is 2.65. The second-order valence-electron chi connectivity index (χ2n) is 2.18. The maximum atomic E-state index is 10.2. The minimum absolute atomic E-state index is 0.411. The number of halogens is 2. The van der Waals surface area contributed by atoms with Crippen molar-refractivity contribution in [3.05, 3.63) is 26.6 Å². The van der Waals surface area contributed by atoms with Crippen LogP contribution < -0.4 is 5.32 Å². The first kappa shape index (κ1) is 10.2. The summed E-state index contributed by atoms with van der Waals surface area (Å²) in [5.41, 5.74) is 0.897. The molecule has 13 heavy (non-hydrogen) atoms. The highest BCUT2D eigenvalue weighted by molar-refractivity contribution is 9.11. The van der Waals surface area contributed by atoms with Crippen LogP contribution >= 0.6 is 31.9 Å².